The van der Waals surface area contributed by atoms with Crippen molar-refractivity contribution in [3.63, 3.8) is 0 Å². The van der Waals surface area contributed by atoms with Crippen LogP contribution in [-0.2, 0) is 4.79 Å². The predicted octanol–water partition coefficient (Wildman–Crippen LogP) is 4.71. The number of rotatable bonds is 6. The van der Waals surface area contributed by atoms with Crippen LogP contribution in [0.2, 0.25) is 0 Å². The second-order valence-electron chi connectivity index (χ2n) is 6.82. The lowest BCUT2D eigenvalue weighted by Crippen LogP contribution is -2.07. The van der Waals surface area contributed by atoms with Crippen molar-refractivity contribution >= 4 is 28.3 Å². The van der Waals surface area contributed by atoms with Crippen molar-refractivity contribution < 1.29 is 4.79 Å². The molecule has 26 heavy (non-hydrogen) atoms. The molecule has 2 aromatic carbocycles. The van der Waals surface area contributed by atoms with Gasteiger partial charge in [-0.1, -0.05) is 32.0 Å². The molecule has 3 rings (SSSR count). The summed E-state index contributed by atoms with van der Waals surface area (Å²) < 4.78 is 0. The van der Waals surface area contributed by atoms with Gasteiger partial charge in [0.2, 0.25) is 5.91 Å². The average molecular weight is 348 g/mol. The van der Waals surface area contributed by atoms with Crippen LogP contribution in [0.25, 0.3) is 22.0 Å². The van der Waals surface area contributed by atoms with E-state index in [9.17, 15) is 4.79 Å². The first-order valence-corrected chi connectivity index (χ1v) is 8.89. The molecule has 0 aliphatic carbocycles. The zero-order chi connectivity index (χ0) is 18.5. The quantitative estimate of drug-likeness (QED) is 0.677. The summed E-state index contributed by atoms with van der Waals surface area (Å²) in [6.45, 7) is 6.81. The monoisotopic (exact) mass is 348 g/mol. The van der Waals surface area contributed by atoms with Crippen LogP contribution in [0.1, 0.15) is 27.2 Å². The van der Waals surface area contributed by atoms with Crippen molar-refractivity contribution in [2.24, 2.45) is 5.92 Å². The molecule has 0 radical (unpaired) electrons. The Morgan fingerprint density at radius 2 is 1.77 bits per heavy atom. The van der Waals surface area contributed by atoms with Crippen molar-refractivity contribution in [2.75, 3.05) is 17.2 Å². The maximum Gasteiger partial charge on any atom is 0.221 e. The number of nitrogens with one attached hydrogen (secondary N) is 2. The van der Waals surface area contributed by atoms with Gasteiger partial charge in [0.1, 0.15) is 12.1 Å². The van der Waals surface area contributed by atoms with E-state index in [2.05, 4.69) is 46.6 Å². The number of anilines is 2. The van der Waals surface area contributed by atoms with E-state index in [1.165, 1.54) is 6.92 Å². The zero-order valence-corrected chi connectivity index (χ0v) is 15.4. The van der Waals surface area contributed by atoms with E-state index in [1.807, 2.05) is 30.3 Å². The minimum absolute atomic E-state index is 0.0716. The number of carbonyl (C=O) groups excluding carboxylic acids is 1. The van der Waals surface area contributed by atoms with Crippen molar-refractivity contribution in [3.05, 3.63) is 48.8 Å². The molecule has 0 bridgehead atoms. The average Bonchev–Trinajstić information content (AvgIpc) is 2.61. The molecule has 2 N–H and O–H groups in total. The Bertz CT molecular complexity index is 904. The van der Waals surface area contributed by atoms with Gasteiger partial charge in [-0.3, -0.25) is 4.79 Å². The third kappa shape index (κ3) is 4.36. The van der Waals surface area contributed by atoms with Gasteiger partial charge in [-0.2, -0.15) is 0 Å². The molecule has 1 amide bonds. The van der Waals surface area contributed by atoms with E-state index < -0.39 is 0 Å². The molecule has 0 aliphatic heterocycles. The summed E-state index contributed by atoms with van der Waals surface area (Å²) in [5.41, 5.74) is 3.89. The lowest BCUT2D eigenvalue weighted by Gasteiger charge is -2.11. The third-order valence-corrected chi connectivity index (χ3v) is 4.19. The minimum Gasteiger partial charge on any atom is -0.369 e. The number of fused-ring (bicyclic) bond motifs is 1. The first-order chi connectivity index (χ1) is 12.5. The first kappa shape index (κ1) is 17.9. The van der Waals surface area contributed by atoms with Gasteiger partial charge in [-0.05, 0) is 47.7 Å². The maximum absolute atomic E-state index is 11.1. The Kier molecular flexibility index (Phi) is 5.46. The first-order valence-electron chi connectivity index (χ1n) is 8.89. The SMILES string of the molecule is CC(=O)Nc1ccc(-c2ccc3ncnc(NCCC(C)C)c3c2)cc1. The molecule has 0 fully saturated rings. The smallest absolute Gasteiger partial charge is 0.221 e. The molecule has 1 aromatic heterocycles. The van der Waals surface area contributed by atoms with E-state index >= 15 is 0 Å². The molecule has 5 heteroatoms. The lowest BCUT2D eigenvalue weighted by molar-refractivity contribution is -0.114. The number of nitrogens with zero attached hydrogens (tertiary/aromatic N) is 2. The normalized spacial score (nSPS) is 10.9. The van der Waals surface area contributed by atoms with Crippen molar-refractivity contribution in [1.82, 2.24) is 9.97 Å². The molecule has 0 saturated carbocycles. The number of hydrogen-bond acceptors (Lipinski definition) is 4. The highest BCUT2D eigenvalue weighted by Gasteiger charge is 2.07. The molecule has 0 aliphatic rings. The van der Waals surface area contributed by atoms with Gasteiger partial charge in [0.25, 0.3) is 0 Å². The van der Waals surface area contributed by atoms with Crippen LogP contribution in [-0.4, -0.2) is 22.4 Å². The fourth-order valence-electron chi connectivity index (χ4n) is 2.81. The number of hydrogen-bond donors (Lipinski definition) is 2. The summed E-state index contributed by atoms with van der Waals surface area (Å²) in [7, 11) is 0. The summed E-state index contributed by atoms with van der Waals surface area (Å²) >= 11 is 0. The Morgan fingerprint density at radius 3 is 2.46 bits per heavy atom. The molecule has 0 spiro atoms. The zero-order valence-electron chi connectivity index (χ0n) is 15.4. The van der Waals surface area contributed by atoms with Gasteiger partial charge >= 0.3 is 0 Å². The van der Waals surface area contributed by atoms with Gasteiger partial charge in [-0.15, -0.1) is 0 Å². The molecule has 5 nitrogen and oxygen atoms in total. The topological polar surface area (TPSA) is 66.9 Å². The van der Waals surface area contributed by atoms with Crippen LogP contribution in [0.4, 0.5) is 11.5 Å². The molecule has 0 unspecified atom stereocenters. The van der Waals surface area contributed by atoms with Gasteiger partial charge in [0, 0.05) is 24.5 Å². The number of aromatic nitrogens is 2. The van der Waals surface area contributed by atoms with Gasteiger partial charge in [0.05, 0.1) is 5.52 Å². The third-order valence-electron chi connectivity index (χ3n) is 4.19. The fourth-order valence-corrected chi connectivity index (χ4v) is 2.81. The number of benzene rings is 2. The standard InChI is InChI=1S/C21H24N4O/c1-14(2)10-11-22-21-19-12-17(6-9-20(19)23-13-24-21)16-4-7-18(8-5-16)25-15(3)26/h4-9,12-14H,10-11H2,1-3H3,(H,25,26)(H,22,23,24). The highest BCUT2D eigenvalue weighted by Crippen LogP contribution is 2.27. The Labute approximate surface area is 153 Å². The van der Waals surface area contributed by atoms with Crippen LogP contribution < -0.4 is 10.6 Å². The van der Waals surface area contributed by atoms with Crippen LogP contribution in [0.3, 0.4) is 0 Å². The molecule has 0 atom stereocenters. The van der Waals surface area contributed by atoms with E-state index in [1.54, 1.807) is 6.33 Å². The molecular weight excluding hydrogens is 324 g/mol. The van der Waals surface area contributed by atoms with Gasteiger partial charge < -0.3 is 10.6 Å². The molecule has 3 aromatic rings. The van der Waals surface area contributed by atoms with Crippen molar-refractivity contribution in [1.29, 1.82) is 0 Å². The fraction of sp³-hybridized carbons (Fsp3) is 0.286. The van der Waals surface area contributed by atoms with Crippen LogP contribution >= 0.6 is 0 Å². The van der Waals surface area contributed by atoms with E-state index in [0.717, 1.165) is 46.5 Å². The molecule has 1 heterocycles. The summed E-state index contributed by atoms with van der Waals surface area (Å²) in [4.78, 5) is 19.9. The second kappa shape index (κ2) is 7.95. The van der Waals surface area contributed by atoms with Crippen molar-refractivity contribution in [3.8, 4) is 11.1 Å². The lowest BCUT2D eigenvalue weighted by atomic mass is 10.0. The summed E-state index contributed by atoms with van der Waals surface area (Å²) in [6.07, 6.45) is 2.69. The van der Waals surface area contributed by atoms with E-state index in [0.29, 0.717) is 5.92 Å². The van der Waals surface area contributed by atoms with Crippen molar-refractivity contribution in [2.45, 2.75) is 27.2 Å². The summed E-state index contributed by atoms with van der Waals surface area (Å²) in [6, 6.07) is 14.0. The number of amides is 1. The van der Waals surface area contributed by atoms with E-state index in [4.69, 9.17) is 0 Å². The largest absolute Gasteiger partial charge is 0.369 e. The highest BCUT2D eigenvalue weighted by molar-refractivity contribution is 5.93. The van der Waals surface area contributed by atoms with Gasteiger partial charge in [0.15, 0.2) is 0 Å². The van der Waals surface area contributed by atoms with Crippen LogP contribution in [0.15, 0.2) is 48.8 Å². The number of carbonyl (C=O) groups is 1. The minimum atomic E-state index is -0.0716. The Hall–Kier alpha value is -2.95. The molecule has 134 valence electrons. The Balaban J connectivity index is 1.88. The molecule has 0 saturated heterocycles. The summed E-state index contributed by atoms with van der Waals surface area (Å²) in [5.74, 6) is 1.44. The highest BCUT2D eigenvalue weighted by atomic mass is 16.1. The van der Waals surface area contributed by atoms with Crippen LogP contribution in [0, 0.1) is 5.92 Å². The van der Waals surface area contributed by atoms with Gasteiger partial charge in [-0.25, -0.2) is 9.97 Å². The summed E-state index contributed by atoms with van der Waals surface area (Å²) in [5, 5.41) is 7.23. The predicted molar refractivity (Wildman–Crippen MR) is 107 cm³/mol. The molecular formula is C21H24N4O. The van der Waals surface area contributed by atoms with E-state index in [-0.39, 0.29) is 5.91 Å². The van der Waals surface area contributed by atoms with Crippen LogP contribution in [0.5, 0.6) is 0 Å². The second-order valence-corrected chi connectivity index (χ2v) is 6.82. The Morgan fingerprint density at radius 1 is 1.04 bits per heavy atom. The maximum atomic E-state index is 11.1.